The Balaban J connectivity index is 2.03. The van der Waals surface area contributed by atoms with Gasteiger partial charge in [-0.05, 0) is 37.1 Å². The van der Waals surface area contributed by atoms with Crippen LogP contribution in [-0.4, -0.2) is 0 Å². The number of nitrogens with one attached hydrogen (secondary N) is 1. The van der Waals surface area contributed by atoms with E-state index in [0.29, 0.717) is 0 Å². The number of rotatable bonds is 10. The van der Waals surface area contributed by atoms with Crippen molar-refractivity contribution in [2.24, 2.45) is 0 Å². The van der Waals surface area contributed by atoms with Gasteiger partial charge in [0.15, 0.2) is 0 Å². The van der Waals surface area contributed by atoms with Crippen LogP contribution in [0.25, 0.3) is 0 Å². The maximum atomic E-state index is 3.56. The maximum Gasteiger partial charge on any atom is 0.0543 e. The SMILES string of the molecule is CCCCCCC#Cc1ccccc1Nc1ccccc1C#CCCCCCC. The van der Waals surface area contributed by atoms with Crippen LogP contribution in [0.5, 0.6) is 0 Å². The van der Waals surface area contributed by atoms with Gasteiger partial charge in [-0.25, -0.2) is 0 Å². The molecule has 0 atom stereocenters. The summed E-state index contributed by atoms with van der Waals surface area (Å²) in [6.45, 7) is 4.48. The molecule has 0 saturated heterocycles. The quantitative estimate of drug-likeness (QED) is 0.322. The first kappa shape index (κ1) is 22.6. The van der Waals surface area contributed by atoms with Gasteiger partial charge in [0.25, 0.3) is 0 Å². The molecule has 0 aliphatic heterocycles. The molecule has 0 aliphatic carbocycles. The van der Waals surface area contributed by atoms with Crippen molar-refractivity contribution < 1.29 is 0 Å². The number of para-hydroxylation sites is 2. The van der Waals surface area contributed by atoms with Gasteiger partial charge >= 0.3 is 0 Å². The minimum Gasteiger partial charge on any atom is -0.353 e. The number of hydrogen-bond acceptors (Lipinski definition) is 1. The van der Waals surface area contributed by atoms with Crippen LogP contribution in [0.15, 0.2) is 48.5 Å². The highest BCUT2D eigenvalue weighted by molar-refractivity contribution is 5.71. The molecule has 1 N–H and O–H groups in total. The average molecular weight is 386 g/mol. The Bertz CT molecular complexity index is 770. The molecule has 0 bridgehead atoms. The molecule has 0 amide bonds. The summed E-state index contributed by atoms with van der Waals surface area (Å²) in [7, 11) is 0. The Morgan fingerprint density at radius 3 is 1.48 bits per heavy atom. The molecule has 152 valence electrons. The van der Waals surface area contributed by atoms with Crippen molar-refractivity contribution in [2.45, 2.75) is 78.1 Å². The van der Waals surface area contributed by atoms with E-state index in [1.54, 1.807) is 0 Å². The Kier molecular flexibility index (Phi) is 11.2. The molecule has 0 radical (unpaired) electrons. The first-order valence-electron chi connectivity index (χ1n) is 11.3. The van der Waals surface area contributed by atoms with Crippen LogP contribution >= 0.6 is 0 Å². The van der Waals surface area contributed by atoms with E-state index in [0.717, 1.165) is 35.3 Å². The van der Waals surface area contributed by atoms with E-state index in [-0.39, 0.29) is 0 Å². The zero-order valence-corrected chi connectivity index (χ0v) is 18.2. The molecule has 0 unspecified atom stereocenters. The second-order valence-electron chi connectivity index (χ2n) is 7.44. The van der Waals surface area contributed by atoms with Crippen molar-refractivity contribution in [3.8, 4) is 23.7 Å². The summed E-state index contributed by atoms with van der Waals surface area (Å²) in [5.74, 6) is 13.4. The van der Waals surface area contributed by atoms with Crippen LogP contribution < -0.4 is 5.32 Å². The van der Waals surface area contributed by atoms with Crippen LogP contribution in [0.3, 0.4) is 0 Å². The number of hydrogen-bond donors (Lipinski definition) is 1. The van der Waals surface area contributed by atoms with Gasteiger partial charge in [0.2, 0.25) is 0 Å². The summed E-state index contributed by atoms with van der Waals surface area (Å²) < 4.78 is 0. The molecule has 2 aromatic carbocycles. The molecule has 0 fully saturated rings. The fourth-order valence-electron chi connectivity index (χ4n) is 3.14. The van der Waals surface area contributed by atoms with E-state index in [4.69, 9.17) is 0 Å². The van der Waals surface area contributed by atoms with Gasteiger partial charge in [0.1, 0.15) is 0 Å². The summed E-state index contributed by atoms with van der Waals surface area (Å²) >= 11 is 0. The van der Waals surface area contributed by atoms with Crippen molar-refractivity contribution in [1.82, 2.24) is 0 Å². The van der Waals surface area contributed by atoms with Gasteiger partial charge in [-0.15, -0.1) is 0 Å². The lowest BCUT2D eigenvalue weighted by Crippen LogP contribution is -1.96. The highest BCUT2D eigenvalue weighted by atomic mass is 14.9. The van der Waals surface area contributed by atoms with Crippen molar-refractivity contribution >= 4 is 11.4 Å². The van der Waals surface area contributed by atoms with Gasteiger partial charge in [0.05, 0.1) is 11.4 Å². The van der Waals surface area contributed by atoms with Gasteiger partial charge < -0.3 is 5.32 Å². The minimum atomic E-state index is 0.967. The lowest BCUT2D eigenvalue weighted by Gasteiger charge is -2.10. The second kappa shape index (κ2) is 14.4. The van der Waals surface area contributed by atoms with Gasteiger partial charge in [-0.1, -0.05) is 100 Å². The van der Waals surface area contributed by atoms with Gasteiger partial charge in [0, 0.05) is 24.0 Å². The summed E-state index contributed by atoms with van der Waals surface area (Å²) in [6.07, 6.45) is 12.0. The van der Waals surface area contributed by atoms with Crippen molar-refractivity contribution in [1.29, 1.82) is 0 Å². The predicted octanol–water partition coefficient (Wildman–Crippen LogP) is 8.07. The third-order valence-electron chi connectivity index (χ3n) is 4.88. The summed E-state index contributed by atoms with van der Waals surface area (Å²) in [5, 5.41) is 3.56. The maximum absolute atomic E-state index is 3.56. The zero-order chi connectivity index (χ0) is 20.6. The van der Waals surface area contributed by atoms with Crippen LogP contribution in [-0.2, 0) is 0 Å². The summed E-state index contributed by atoms with van der Waals surface area (Å²) in [5.41, 5.74) is 4.19. The average Bonchev–Trinajstić information content (AvgIpc) is 2.75. The summed E-state index contributed by atoms with van der Waals surface area (Å²) in [4.78, 5) is 0. The van der Waals surface area contributed by atoms with Gasteiger partial charge in [-0.3, -0.25) is 0 Å². The molecule has 1 nitrogen and oxygen atoms in total. The fraction of sp³-hybridized carbons (Fsp3) is 0.429. The van der Waals surface area contributed by atoms with Crippen LogP contribution in [0, 0.1) is 23.7 Å². The molecule has 1 heteroatoms. The first-order chi connectivity index (χ1) is 14.3. The van der Waals surface area contributed by atoms with Gasteiger partial charge in [-0.2, -0.15) is 0 Å². The molecular formula is C28H35N. The van der Waals surface area contributed by atoms with Crippen molar-refractivity contribution in [3.05, 3.63) is 59.7 Å². The molecule has 29 heavy (non-hydrogen) atoms. The van der Waals surface area contributed by atoms with E-state index in [2.05, 4.69) is 79.2 Å². The molecule has 2 aromatic rings. The van der Waals surface area contributed by atoms with Crippen molar-refractivity contribution in [3.63, 3.8) is 0 Å². The molecule has 0 spiro atoms. The number of anilines is 2. The molecule has 0 aliphatic rings. The van der Waals surface area contributed by atoms with E-state index >= 15 is 0 Å². The van der Waals surface area contributed by atoms with Crippen molar-refractivity contribution in [2.75, 3.05) is 5.32 Å². The molecule has 2 rings (SSSR count). The Morgan fingerprint density at radius 1 is 0.586 bits per heavy atom. The molecule has 0 saturated carbocycles. The Hall–Kier alpha value is -2.64. The highest BCUT2D eigenvalue weighted by Gasteiger charge is 2.03. The molecular weight excluding hydrogens is 350 g/mol. The standard InChI is InChI=1S/C28H35N/c1-3-5-7-9-11-13-19-25-21-15-17-23-27(25)29-28-24-18-16-22-26(28)20-14-12-10-8-6-4-2/h15-18,21-24,29H,3-12H2,1-2H3. The van der Waals surface area contributed by atoms with E-state index < -0.39 is 0 Å². The number of benzene rings is 2. The van der Waals surface area contributed by atoms with Crippen LogP contribution in [0.1, 0.15) is 89.2 Å². The molecule has 0 heterocycles. The van der Waals surface area contributed by atoms with E-state index in [1.807, 2.05) is 12.1 Å². The zero-order valence-electron chi connectivity index (χ0n) is 18.2. The lowest BCUT2D eigenvalue weighted by atomic mass is 10.1. The third-order valence-corrected chi connectivity index (χ3v) is 4.88. The highest BCUT2D eigenvalue weighted by Crippen LogP contribution is 2.23. The second-order valence-corrected chi connectivity index (χ2v) is 7.44. The topological polar surface area (TPSA) is 12.0 Å². The van der Waals surface area contributed by atoms with E-state index in [1.165, 1.54) is 51.4 Å². The van der Waals surface area contributed by atoms with Crippen LogP contribution in [0.2, 0.25) is 0 Å². The van der Waals surface area contributed by atoms with E-state index in [9.17, 15) is 0 Å². The predicted molar refractivity (Wildman–Crippen MR) is 127 cm³/mol. The Labute approximate surface area is 178 Å². The third kappa shape index (κ3) is 8.93. The minimum absolute atomic E-state index is 0.967. The Morgan fingerprint density at radius 2 is 1.03 bits per heavy atom. The van der Waals surface area contributed by atoms with Crippen LogP contribution in [0.4, 0.5) is 11.4 Å². The molecule has 0 aromatic heterocycles. The first-order valence-corrected chi connectivity index (χ1v) is 11.3. The summed E-state index contributed by atoms with van der Waals surface area (Å²) in [6, 6.07) is 16.6. The smallest absolute Gasteiger partial charge is 0.0543 e. The normalized spacial score (nSPS) is 9.86. The number of unbranched alkanes of at least 4 members (excludes halogenated alkanes) is 8. The monoisotopic (exact) mass is 385 g/mol. The lowest BCUT2D eigenvalue weighted by molar-refractivity contribution is 0.679. The largest absolute Gasteiger partial charge is 0.353 e. The fourth-order valence-corrected chi connectivity index (χ4v) is 3.14.